The van der Waals surface area contributed by atoms with Crippen molar-refractivity contribution in [1.82, 2.24) is 37.2 Å². The molecular formula is C55H72ClN11O15. The molecule has 26 nitrogen and oxygen atoms in total. The SMILES string of the molecule is CNC(=O)[C@H](CO)N=Cc1ccc(O)cc1.CNC(=O)[C@H](CO)N=Cc1cccc(O)c1.CNC(=O)[C@H](CO)N=Cc1ccccc1O.CNC(=O)[C@H](CO)NCc1ccccc1Cl.CNC(=O)[C@H](CO)NCc1ccccc1[N+](=O)[O-]. The molecule has 0 radical (unpaired) electrons. The Morgan fingerprint density at radius 3 is 1.37 bits per heavy atom. The zero-order chi connectivity index (χ0) is 61.4. The number of amides is 5. The van der Waals surface area contributed by atoms with Crippen LogP contribution in [0.15, 0.2) is 136 Å². The second-order valence-corrected chi connectivity index (χ2v) is 16.9. The zero-order valence-corrected chi connectivity index (χ0v) is 46.5. The van der Waals surface area contributed by atoms with Gasteiger partial charge in [-0.2, -0.15) is 0 Å². The zero-order valence-electron chi connectivity index (χ0n) is 45.7. The van der Waals surface area contributed by atoms with Gasteiger partial charge < -0.3 is 67.4 Å². The normalized spacial score (nSPS) is 12.4. The summed E-state index contributed by atoms with van der Waals surface area (Å²) < 4.78 is 0. The summed E-state index contributed by atoms with van der Waals surface area (Å²) in [6.07, 6.45) is 4.29. The summed E-state index contributed by atoms with van der Waals surface area (Å²) in [5, 5.41) is 102. The molecule has 5 aromatic carbocycles. The number of likely N-dealkylation sites (N-methyl/N-ethyl adjacent to an activating group) is 5. The predicted molar refractivity (Wildman–Crippen MR) is 310 cm³/mol. The maximum absolute atomic E-state index is 11.3. The van der Waals surface area contributed by atoms with Crippen molar-refractivity contribution < 1.29 is 69.7 Å². The van der Waals surface area contributed by atoms with Crippen LogP contribution < -0.4 is 37.2 Å². The number of nitro groups is 1. The fourth-order valence-electron chi connectivity index (χ4n) is 6.15. The van der Waals surface area contributed by atoms with E-state index in [1.165, 1.54) is 84.2 Å². The van der Waals surface area contributed by atoms with E-state index in [-0.39, 0.29) is 92.1 Å². The van der Waals surface area contributed by atoms with Crippen LogP contribution >= 0.6 is 11.6 Å². The van der Waals surface area contributed by atoms with E-state index in [4.69, 9.17) is 42.2 Å². The molecule has 27 heteroatoms. The van der Waals surface area contributed by atoms with E-state index in [0.717, 1.165) is 11.1 Å². The number of aliphatic hydroxyl groups is 5. The lowest BCUT2D eigenvalue weighted by Crippen LogP contribution is -2.45. The van der Waals surface area contributed by atoms with Gasteiger partial charge in [-0.3, -0.25) is 59.7 Å². The number of halogens is 1. The number of aliphatic hydroxyl groups excluding tert-OH is 5. The van der Waals surface area contributed by atoms with Crippen LogP contribution in [0.5, 0.6) is 17.2 Å². The number of nitro benzene ring substituents is 1. The Bertz CT molecular complexity index is 2830. The highest BCUT2D eigenvalue weighted by molar-refractivity contribution is 6.31. The summed E-state index contributed by atoms with van der Waals surface area (Å²) in [5.41, 5.74) is 3.27. The molecule has 5 aromatic rings. The van der Waals surface area contributed by atoms with Crippen LogP contribution in [0, 0.1) is 10.1 Å². The van der Waals surface area contributed by atoms with Crippen molar-refractivity contribution in [2.45, 2.75) is 43.3 Å². The van der Waals surface area contributed by atoms with Crippen LogP contribution in [0.2, 0.25) is 5.02 Å². The molecule has 0 fully saturated rings. The Hall–Kier alpha value is -8.73. The van der Waals surface area contributed by atoms with E-state index in [2.05, 4.69) is 52.2 Å². The Labute approximate surface area is 478 Å². The summed E-state index contributed by atoms with van der Waals surface area (Å²) in [5.74, 6) is -1.28. The van der Waals surface area contributed by atoms with Crippen LogP contribution in [0.3, 0.4) is 0 Å². The Morgan fingerprint density at radius 2 is 0.927 bits per heavy atom. The van der Waals surface area contributed by atoms with Crippen molar-refractivity contribution in [3.8, 4) is 17.2 Å². The quantitative estimate of drug-likeness (QED) is 0.0234. The average molecular weight is 1160 g/mol. The highest BCUT2D eigenvalue weighted by Crippen LogP contribution is 2.18. The number of aliphatic imine (C=N–C) groups is 3. The summed E-state index contributed by atoms with van der Waals surface area (Å²) in [4.78, 5) is 78.3. The summed E-state index contributed by atoms with van der Waals surface area (Å²) >= 11 is 5.96. The summed E-state index contributed by atoms with van der Waals surface area (Å²) in [7, 11) is 7.43. The highest BCUT2D eigenvalue weighted by Gasteiger charge is 2.19. The second kappa shape index (κ2) is 41.3. The fourth-order valence-corrected chi connectivity index (χ4v) is 6.36. The lowest BCUT2D eigenvalue weighted by molar-refractivity contribution is -0.385. The lowest BCUT2D eigenvalue weighted by Gasteiger charge is -2.15. The number of nitrogens with zero attached hydrogens (tertiary/aromatic N) is 4. The first-order valence-corrected chi connectivity index (χ1v) is 25.2. The number of nitrogens with one attached hydrogen (secondary N) is 7. The van der Waals surface area contributed by atoms with Crippen LogP contribution in [0.4, 0.5) is 5.69 Å². The monoisotopic (exact) mass is 1160 g/mol. The molecule has 15 N–H and O–H groups in total. The molecule has 0 saturated carbocycles. The number of aromatic hydroxyl groups is 3. The molecule has 0 aliphatic carbocycles. The molecule has 0 bridgehead atoms. The number of phenolic OH excluding ortho intramolecular Hbond substituents is 3. The number of carbonyl (C=O) groups is 5. The fraction of sp³-hybridized carbons (Fsp3) is 0.309. The number of para-hydroxylation sites is 2. The van der Waals surface area contributed by atoms with Gasteiger partial charge in [-0.05, 0) is 71.3 Å². The number of phenols is 3. The molecule has 444 valence electrons. The van der Waals surface area contributed by atoms with Crippen molar-refractivity contribution in [2.75, 3.05) is 68.3 Å². The largest absolute Gasteiger partial charge is 0.508 e. The number of hydrogen-bond acceptors (Lipinski definition) is 20. The van der Waals surface area contributed by atoms with Crippen molar-refractivity contribution in [1.29, 1.82) is 0 Å². The van der Waals surface area contributed by atoms with Crippen LogP contribution in [0.25, 0.3) is 0 Å². The third-order valence-electron chi connectivity index (χ3n) is 10.8. The number of carbonyl (C=O) groups excluding carboxylic acids is 5. The minimum atomic E-state index is -0.843. The van der Waals surface area contributed by atoms with Crippen molar-refractivity contribution >= 4 is 65.5 Å². The number of hydrogen-bond donors (Lipinski definition) is 15. The number of benzene rings is 5. The van der Waals surface area contributed by atoms with Crippen molar-refractivity contribution in [2.24, 2.45) is 15.0 Å². The van der Waals surface area contributed by atoms with Crippen LogP contribution in [-0.2, 0) is 37.1 Å². The van der Waals surface area contributed by atoms with Gasteiger partial charge in [0.1, 0.15) is 29.3 Å². The Balaban J connectivity index is 0.000000513. The summed E-state index contributed by atoms with van der Waals surface area (Å²) in [6.45, 7) is -1.11. The highest BCUT2D eigenvalue weighted by atomic mass is 35.5. The molecule has 0 saturated heterocycles. The number of rotatable bonds is 23. The molecular weight excluding hydrogens is 1090 g/mol. The molecule has 0 heterocycles. The topological polar surface area (TPSA) is 412 Å². The van der Waals surface area contributed by atoms with Gasteiger partial charge in [0.25, 0.3) is 5.69 Å². The first-order valence-electron chi connectivity index (χ1n) is 24.8. The Morgan fingerprint density at radius 1 is 0.500 bits per heavy atom. The van der Waals surface area contributed by atoms with Gasteiger partial charge in [-0.15, -0.1) is 0 Å². The first kappa shape index (κ1) is 71.3. The molecule has 5 amide bonds. The van der Waals surface area contributed by atoms with E-state index in [9.17, 15) is 44.3 Å². The first-order chi connectivity index (χ1) is 39.3. The minimum absolute atomic E-state index is 0.0152. The minimum Gasteiger partial charge on any atom is -0.508 e. The molecule has 82 heavy (non-hydrogen) atoms. The second-order valence-electron chi connectivity index (χ2n) is 16.5. The standard InChI is InChI=1S/C11H15ClN2O2.C11H15N3O4.3C11H14N2O3/c1-13-11(16)10(7-15)14-6-8-4-2-3-5-9(8)12;1-12-11(16)9(7-15)13-6-8-4-2-3-5-10(8)14(17)18;1-12-11(16)10(7-14)13-6-8-2-4-9(15)5-3-8;1-12-11(16)10(7-14)13-6-8-3-2-4-9(15)5-8;1-12-11(16)9(7-14)13-6-8-4-2-3-5-10(8)15/h2-5,10,14-15H,6-7H2,1H3,(H,13,16);2-5,9,13,15H,6-7H2,1H3,(H,12,16);2*2-6,10,14-15H,7H2,1H3,(H,12,16);2-6,9,14-15H,7H2,1H3,(H,12,16)/t10-;9-;2*10-;9-/m00000/s1. The molecule has 0 aliphatic rings. The molecule has 0 aromatic heterocycles. The maximum atomic E-state index is 11.3. The van der Waals surface area contributed by atoms with Gasteiger partial charge in [0.05, 0.1) is 38.0 Å². The molecule has 0 spiro atoms. The maximum Gasteiger partial charge on any atom is 0.273 e. The van der Waals surface area contributed by atoms with Gasteiger partial charge in [-0.1, -0.05) is 72.3 Å². The predicted octanol–water partition coefficient (Wildman–Crippen LogP) is 0.0818. The Kier molecular flexibility index (Phi) is 35.9. The van der Waals surface area contributed by atoms with Gasteiger partial charge in [0.15, 0.2) is 18.1 Å². The van der Waals surface area contributed by atoms with Crippen molar-refractivity contribution in [3.63, 3.8) is 0 Å². The summed E-state index contributed by atoms with van der Waals surface area (Å²) in [6, 6.07) is 29.2. The molecule has 5 atom stereocenters. The van der Waals surface area contributed by atoms with E-state index >= 15 is 0 Å². The average Bonchev–Trinajstić information content (AvgIpc) is 3.50. The van der Waals surface area contributed by atoms with Crippen LogP contribution in [0.1, 0.15) is 27.8 Å². The van der Waals surface area contributed by atoms with E-state index in [1.807, 2.05) is 18.2 Å². The van der Waals surface area contributed by atoms with E-state index < -0.39 is 35.1 Å². The van der Waals surface area contributed by atoms with E-state index in [1.54, 1.807) is 72.8 Å². The third-order valence-corrected chi connectivity index (χ3v) is 11.2. The van der Waals surface area contributed by atoms with Crippen molar-refractivity contribution in [3.05, 3.63) is 164 Å². The third kappa shape index (κ3) is 27.4. The van der Waals surface area contributed by atoms with Gasteiger partial charge >= 0.3 is 0 Å². The lowest BCUT2D eigenvalue weighted by atomic mass is 10.1. The molecule has 0 aliphatic heterocycles. The van der Waals surface area contributed by atoms with Gasteiger partial charge in [0.2, 0.25) is 29.5 Å². The van der Waals surface area contributed by atoms with E-state index in [0.29, 0.717) is 28.3 Å². The van der Waals surface area contributed by atoms with Gasteiger partial charge in [-0.25, -0.2) is 0 Å². The molecule has 5 rings (SSSR count). The smallest absolute Gasteiger partial charge is 0.273 e. The van der Waals surface area contributed by atoms with Gasteiger partial charge in [0, 0.05) is 89.2 Å². The molecule has 0 unspecified atom stereocenters. The van der Waals surface area contributed by atoms with Crippen LogP contribution in [-0.4, -0.2) is 192 Å².